The number of methoxy groups -OCH3 is 1. The molecule has 7 heteroatoms. The Morgan fingerprint density at radius 3 is 2.57 bits per heavy atom. The average Bonchev–Trinajstić information content (AvgIpc) is 2.48. The van der Waals surface area contributed by atoms with Gasteiger partial charge in [0.2, 0.25) is 11.8 Å². The van der Waals surface area contributed by atoms with Gasteiger partial charge in [-0.15, -0.1) is 0 Å². The molecule has 0 spiro atoms. The fourth-order valence-corrected chi connectivity index (χ4v) is 1.65. The molecule has 0 bridgehead atoms. The summed E-state index contributed by atoms with van der Waals surface area (Å²) >= 11 is 0. The molecule has 1 aromatic carbocycles. The fourth-order valence-electron chi connectivity index (χ4n) is 1.65. The van der Waals surface area contributed by atoms with Crippen molar-refractivity contribution in [3.63, 3.8) is 0 Å². The van der Waals surface area contributed by atoms with Crippen LogP contribution in [0.2, 0.25) is 0 Å². The minimum atomic E-state index is -0.483. The Bertz CT molecular complexity index is 629. The molecular formula is C14H16N4O3. The van der Waals surface area contributed by atoms with Crippen LogP contribution < -0.4 is 15.8 Å². The van der Waals surface area contributed by atoms with E-state index < -0.39 is 5.91 Å². The SMILES string of the molecule is CNc1cc(Oc2ccc(C(N)=O)cc2)nc(COC)n1. The summed E-state index contributed by atoms with van der Waals surface area (Å²) in [6, 6.07) is 8.15. The van der Waals surface area contributed by atoms with E-state index in [4.69, 9.17) is 15.2 Å². The molecule has 1 aromatic heterocycles. The van der Waals surface area contributed by atoms with Crippen molar-refractivity contribution < 1.29 is 14.3 Å². The van der Waals surface area contributed by atoms with Crippen molar-refractivity contribution in [1.82, 2.24) is 9.97 Å². The third-order valence-corrected chi connectivity index (χ3v) is 2.64. The van der Waals surface area contributed by atoms with E-state index in [1.807, 2.05) is 0 Å². The van der Waals surface area contributed by atoms with Crippen LogP contribution >= 0.6 is 0 Å². The van der Waals surface area contributed by atoms with Gasteiger partial charge in [0.05, 0.1) is 0 Å². The second-order valence-electron chi connectivity index (χ2n) is 4.18. The third kappa shape index (κ3) is 3.90. The van der Waals surface area contributed by atoms with E-state index in [0.717, 1.165) is 0 Å². The maximum absolute atomic E-state index is 11.0. The lowest BCUT2D eigenvalue weighted by Gasteiger charge is -2.09. The Morgan fingerprint density at radius 2 is 2.00 bits per heavy atom. The highest BCUT2D eigenvalue weighted by Crippen LogP contribution is 2.22. The van der Waals surface area contributed by atoms with Gasteiger partial charge in [0.15, 0.2) is 5.82 Å². The summed E-state index contributed by atoms with van der Waals surface area (Å²) in [6.07, 6.45) is 0. The van der Waals surface area contributed by atoms with Gasteiger partial charge in [-0.25, -0.2) is 4.98 Å². The first-order chi connectivity index (χ1) is 10.1. The van der Waals surface area contributed by atoms with Crippen LogP contribution in [0.1, 0.15) is 16.2 Å². The van der Waals surface area contributed by atoms with Crippen LogP contribution in [0.25, 0.3) is 0 Å². The zero-order valence-corrected chi connectivity index (χ0v) is 11.8. The molecule has 2 aromatic rings. The van der Waals surface area contributed by atoms with Gasteiger partial charge in [0, 0.05) is 25.8 Å². The van der Waals surface area contributed by atoms with E-state index in [2.05, 4.69) is 15.3 Å². The summed E-state index contributed by atoms with van der Waals surface area (Å²) < 4.78 is 10.7. The second kappa shape index (κ2) is 6.67. The number of carbonyl (C=O) groups is 1. The van der Waals surface area contributed by atoms with Gasteiger partial charge in [0.25, 0.3) is 0 Å². The second-order valence-corrected chi connectivity index (χ2v) is 4.18. The zero-order chi connectivity index (χ0) is 15.2. The fraction of sp³-hybridized carbons (Fsp3) is 0.214. The molecule has 0 radical (unpaired) electrons. The molecule has 0 saturated carbocycles. The van der Waals surface area contributed by atoms with E-state index in [9.17, 15) is 4.79 Å². The number of primary amides is 1. The molecule has 0 atom stereocenters. The van der Waals surface area contributed by atoms with E-state index >= 15 is 0 Å². The van der Waals surface area contributed by atoms with Crippen LogP contribution in [0.4, 0.5) is 5.82 Å². The maximum Gasteiger partial charge on any atom is 0.248 e. The number of ether oxygens (including phenoxy) is 2. The number of amides is 1. The monoisotopic (exact) mass is 288 g/mol. The standard InChI is InChI=1S/C14H16N4O3/c1-16-11-7-13(18-12(17-11)8-20-2)21-10-5-3-9(4-6-10)14(15)19/h3-7H,8H2,1-2H3,(H2,15,19)(H,16,17,18). The van der Waals surface area contributed by atoms with Gasteiger partial charge in [-0.2, -0.15) is 4.98 Å². The van der Waals surface area contributed by atoms with E-state index in [-0.39, 0.29) is 6.61 Å². The minimum Gasteiger partial charge on any atom is -0.439 e. The summed E-state index contributed by atoms with van der Waals surface area (Å²) in [5.41, 5.74) is 5.60. The number of nitrogens with one attached hydrogen (secondary N) is 1. The van der Waals surface area contributed by atoms with Crippen molar-refractivity contribution >= 4 is 11.7 Å². The Balaban J connectivity index is 2.21. The highest BCUT2D eigenvalue weighted by molar-refractivity contribution is 5.92. The first-order valence-electron chi connectivity index (χ1n) is 6.24. The lowest BCUT2D eigenvalue weighted by atomic mass is 10.2. The highest BCUT2D eigenvalue weighted by Gasteiger charge is 2.07. The van der Waals surface area contributed by atoms with E-state index in [1.54, 1.807) is 44.5 Å². The Morgan fingerprint density at radius 1 is 1.29 bits per heavy atom. The molecule has 1 amide bonds. The summed E-state index contributed by atoms with van der Waals surface area (Å²) in [5, 5.41) is 2.93. The zero-order valence-electron chi connectivity index (χ0n) is 11.8. The lowest BCUT2D eigenvalue weighted by molar-refractivity contribution is 0.100. The molecule has 0 fully saturated rings. The van der Waals surface area contributed by atoms with Gasteiger partial charge in [-0.05, 0) is 24.3 Å². The van der Waals surface area contributed by atoms with Crippen molar-refractivity contribution in [2.45, 2.75) is 6.61 Å². The van der Waals surface area contributed by atoms with Crippen LogP contribution in [-0.4, -0.2) is 30.0 Å². The number of aromatic nitrogens is 2. The number of hydrogen-bond donors (Lipinski definition) is 2. The van der Waals surface area contributed by atoms with Gasteiger partial charge >= 0.3 is 0 Å². The summed E-state index contributed by atoms with van der Waals surface area (Å²) in [6.45, 7) is 0.284. The molecule has 1 heterocycles. The number of rotatable bonds is 6. The number of benzene rings is 1. The highest BCUT2D eigenvalue weighted by atomic mass is 16.5. The molecule has 0 aliphatic heterocycles. The third-order valence-electron chi connectivity index (χ3n) is 2.64. The number of carbonyl (C=O) groups excluding carboxylic acids is 1. The normalized spacial score (nSPS) is 10.2. The van der Waals surface area contributed by atoms with Crippen molar-refractivity contribution in [1.29, 1.82) is 0 Å². The smallest absolute Gasteiger partial charge is 0.248 e. The van der Waals surface area contributed by atoms with Crippen LogP contribution in [-0.2, 0) is 11.3 Å². The molecule has 0 unspecified atom stereocenters. The average molecular weight is 288 g/mol. The van der Waals surface area contributed by atoms with Crippen molar-refractivity contribution in [3.05, 3.63) is 41.7 Å². The van der Waals surface area contributed by atoms with Gasteiger partial charge in [0.1, 0.15) is 18.2 Å². The molecule has 21 heavy (non-hydrogen) atoms. The van der Waals surface area contributed by atoms with Crippen LogP contribution in [0.5, 0.6) is 11.6 Å². The lowest BCUT2D eigenvalue weighted by Crippen LogP contribution is -2.10. The molecule has 0 aliphatic rings. The summed E-state index contributed by atoms with van der Waals surface area (Å²) in [4.78, 5) is 19.5. The van der Waals surface area contributed by atoms with Gasteiger partial charge in [-0.3, -0.25) is 4.79 Å². The predicted octanol–water partition coefficient (Wildman–Crippen LogP) is 1.56. The number of hydrogen-bond acceptors (Lipinski definition) is 6. The maximum atomic E-state index is 11.0. The molecule has 7 nitrogen and oxygen atoms in total. The molecular weight excluding hydrogens is 272 g/mol. The van der Waals surface area contributed by atoms with Crippen LogP contribution in [0.15, 0.2) is 30.3 Å². The minimum absolute atomic E-state index is 0.284. The number of nitrogens with zero attached hydrogens (tertiary/aromatic N) is 2. The largest absolute Gasteiger partial charge is 0.439 e. The molecule has 110 valence electrons. The van der Waals surface area contributed by atoms with Crippen LogP contribution in [0.3, 0.4) is 0 Å². The van der Waals surface area contributed by atoms with Crippen molar-refractivity contribution in [3.8, 4) is 11.6 Å². The van der Waals surface area contributed by atoms with E-state index in [0.29, 0.717) is 28.8 Å². The molecule has 0 saturated heterocycles. The first-order valence-corrected chi connectivity index (χ1v) is 6.24. The topological polar surface area (TPSA) is 99.4 Å². The molecule has 3 N–H and O–H groups in total. The van der Waals surface area contributed by atoms with Crippen LogP contribution in [0, 0.1) is 0 Å². The quantitative estimate of drug-likeness (QED) is 0.836. The Hall–Kier alpha value is -2.67. The van der Waals surface area contributed by atoms with Crippen molar-refractivity contribution in [2.75, 3.05) is 19.5 Å². The predicted molar refractivity (Wildman–Crippen MR) is 77.3 cm³/mol. The first kappa shape index (κ1) is 14.7. The van der Waals surface area contributed by atoms with Gasteiger partial charge in [-0.1, -0.05) is 0 Å². The number of anilines is 1. The Labute approximate surface area is 122 Å². The number of nitrogens with two attached hydrogens (primary N) is 1. The van der Waals surface area contributed by atoms with Crippen molar-refractivity contribution in [2.24, 2.45) is 5.73 Å². The summed E-state index contributed by atoms with van der Waals surface area (Å²) in [7, 11) is 3.32. The van der Waals surface area contributed by atoms with Gasteiger partial charge < -0.3 is 20.5 Å². The van der Waals surface area contributed by atoms with E-state index in [1.165, 1.54) is 0 Å². The summed E-state index contributed by atoms with van der Waals surface area (Å²) in [5.74, 6) is 1.58. The molecule has 2 rings (SSSR count). The Kier molecular flexibility index (Phi) is 4.68. The molecule has 0 aliphatic carbocycles.